The van der Waals surface area contributed by atoms with Crippen molar-refractivity contribution >= 4 is 0 Å². The van der Waals surface area contributed by atoms with Gasteiger partial charge in [0.2, 0.25) is 0 Å². The molecule has 2 unspecified atom stereocenters. The van der Waals surface area contributed by atoms with E-state index in [1.165, 1.54) is 25.7 Å². The topological polar surface area (TPSA) is 0 Å². The van der Waals surface area contributed by atoms with Crippen molar-refractivity contribution < 1.29 is 0 Å². The molecule has 2 atom stereocenters. The summed E-state index contributed by atoms with van der Waals surface area (Å²) in [6.07, 6.45) is 5.66. The molecule has 1 rings (SSSR count). The molecule has 14 heavy (non-hydrogen) atoms. The molecule has 0 amide bonds. The monoisotopic (exact) mass is 196 g/mol. The van der Waals surface area contributed by atoms with Gasteiger partial charge >= 0.3 is 0 Å². The van der Waals surface area contributed by atoms with Crippen LogP contribution in [0.2, 0.25) is 0 Å². The van der Waals surface area contributed by atoms with Gasteiger partial charge in [0.15, 0.2) is 0 Å². The lowest BCUT2D eigenvalue weighted by molar-refractivity contribution is 0.0190. The maximum absolute atomic E-state index is 2.54. The quantitative estimate of drug-likeness (QED) is 0.603. The molecule has 0 aliphatic heterocycles. The summed E-state index contributed by atoms with van der Waals surface area (Å²) >= 11 is 0. The summed E-state index contributed by atoms with van der Waals surface area (Å²) in [5, 5.41) is 0. The van der Waals surface area contributed by atoms with E-state index in [2.05, 4.69) is 41.5 Å². The smallest absolute Gasteiger partial charge is 0.0244 e. The molecular formula is C14H28. The normalized spacial score (nSPS) is 34.1. The zero-order valence-corrected chi connectivity index (χ0v) is 11.0. The zero-order valence-electron chi connectivity index (χ0n) is 11.0. The average molecular weight is 196 g/mol. The first-order valence-corrected chi connectivity index (χ1v) is 6.35. The highest BCUT2D eigenvalue weighted by Crippen LogP contribution is 2.57. The van der Waals surface area contributed by atoms with Gasteiger partial charge < -0.3 is 0 Å². The summed E-state index contributed by atoms with van der Waals surface area (Å²) in [6.45, 7) is 14.6. The third kappa shape index (κ3) is 1.73. The molecular weight excluding hydrogens is 168 g/mol. The van der Waals surface area contributed by atoms with Crippen LogP contribution in [0.15, 0.2) is 0 Å². The summed E-state index contributed by atoms with van der Waals surface area (Å²) in [7, 11) is 0. The predicted octanol–water partition coefficient (Wildman–Crippen LogP) is 4.89. The molecule has 0 heterocycles. The Morgan fingerprint density at radius 3 is 2.36 bits per heavy atom. The second-order valence-electron chi connectivity index (χ2n) is 6.40. The molecule has 84 valence electrons. The fourth-order valence-corrected chi connectivity index (χ4v) is 3.51. The van der Waals surface area contributed by atoms with Crippen molar-refractivity contribution in [2.75, 3.05) is 0 Å². The summed E-state index contributed by atoms with van der Waals surface area (Å²) < 4.78 is 0. The van der Waals surface area contributed by atoms with E-state index in [1.54, 1.807) is 0 Å². The Morgan fingerprint density at radius 1 is 1.36 bits per heavy atom. The van der Waals surface area contributed by atoms with Crippen LogP contribution >= 0.6 is 0 Å². The Labute approximate surface area is 90.5 Å². The Kier molecular flexibility index (Phi) is 3.33. The fourth-order valence-electron chi connectivity index (χ4n) is 3.51. The number of rotatable bonds is 3. The number of hydrogen-bond acceptors (Lipinski definition) is 0. The molecule has 1 aliphatic carbocycles. The molecule has 0 aromatic rings. The van der Waals surface area contributed by atoms with E-state index < -0.39 is 0 Å². The van der Waals surface area contributed by atoms with Gasteiger partial charge in [0.1, 0.15) is 0 Å². The van der Waals surface area contributed by atoms with Crippen molar-refractivity contribution in [3.05, 3.63) is 0 Å². The van der Waals surface area contributed by atoms with Crippen LogP contribution in [-0.4, -0.2) is 0 Å². The Hall–Kier alpha value is 0. The fraction of sp³-hybridized carbons (Fsp3) is 1.00. The van der Waals surface area contributed by atoms with Crippen molar-refractivity contribution in [2.45, 2.75) is 67.2 Å². The van der Waals surface area contributed by atoms with E-state index in [4.69, 9.17) is 0 Å². The van der Waals surface area contributed by atoms with Gasteiger partial charge in [-0.1, -0.05) is 54.4 Å². The minimum absolute atomic E-state index is 0.512. The first-order valence-electron chi connectivity index (χ1n) is 6.35. The minimum atomic E-state index is 0.512. The van der Waals surface area contributed by atoms with E-state index in [1.807, 2.05) is 0 Å². The molecule has 0 spiro atoms. The Bertz CT molecular complexity index is 190. The van der Waals surface area contributed by atoms with Crippen molar-refractivity contribution in [1.82, 2.24) is 0 Å². The Balaban J connectivity index is 2.91. The van der Waals surface area contributed by atoms with Gasteiger partial charge in [0.05, 0.1) is 0 Å². The van der Waals surface area contributed by atoms with E-state index in [0.717, 1.165) is 11.8 Å². The van der Waals surface area contributed by atoms with Crippen LogP contribution in [0, 0.1) is 22.7 Å². The highest BCUT2D eigenvalue weighted by atomic mass is 14.5. The standard InChI is InChI=1S/C14H28/c1-7-13(4,5)14(6)10-8-9-12(14)11(2)3/h11-12H,7-10H2,1-6H3. The highest BCUT2D eigenvalue weighted by Gasteiger charge is 2.48. The highest BCUT2D eigenvalue weighted by molar-refractivity contribution is 4.98. The molecule has 0 aromatic heterocycles. The summed E-state index contributed by atoms with van der Waals surface area (Å²) in [6, 6.07) is 0. The second-order valence-corrected chi connectivity index (χ2v) is 6.40. The first-order chi connectivity index (χ1) is 6.35. The molecule has 0 aromatic carbocycles. The SMILES string of the molecule is CCC(C)(C)C1(C)CCCC1C(C)C. The molecule has 1 aliphatic rings. The van der Waals surface area contributed by atoms with Crippen molar-refractivity contribution in [3.8, 4) is 0 Å². The summed E-state index contributed by atoms with van der Waals surface area (Å²) in [5.41, 5.74) is 1.09. The molecule has 0 N–H and O–H groups in total. The summed E-state index contributed by atoms with van der Waals surface area (Å²) in [4.78, 5) is 0. The van der Waals surface area contributed by atoms with E-state index in [9.17, 15) is 0 Å². The molecule has 1 saturated carbocycles. The molecule has 1 fully saturated rings. The lowest BCUT2D eigenvalue weighted by Crippen LogP contribution is -2.39. The molecule has 0 heteroatoms. The summed E-state index contributed by atoms with van der Waals surface area (Å²) in [5.74, 6) is 1.80. The van der Waals surface area contributed by atoms with Crippen LogP contribution in [0.3, 0.4) is 0 Å². The minimum Gasteiger partial charge on any atom is -0.0649 e. The zero-order chi connectivity index (χ0) is 11.0. The average Bonchev–Trinajstić information content (AvgIpc) is 2.49. The largest absolute Gasteiger partial charge is 0.0649 e. The molecule has 0 radical (unpaired) electrons. The van der Waals surface area contributed by atoms with E-state index in [-0.39, 0.29) is 0 Å². The van der Waals surface area contributed by atoms with Gasteiger partial charge in [-0.3, -0.25) is 0 Å². The molecule has 0 nitrogen and oxygen atoms in total. The van der Waals surface area contributed by atoms with Crippen LogP contribution in [0.5, 0.6) is 0 Å². The van der Waals surface area contributed by atoms with Gasteiger partial charge in [0, 0.05) is 0 Å². The van der Waals surface area contributed by atoms with Crippen molar-refractivity contribution in [2.24, 2.45) is 22.7 Å². The lowest BCUT2D eigenvalue weighted by atomic mass is 9.58. The van der Waals surface area contributed by atoms with Crippen LogP contribution in [0.1, 0.15) is 67.2 Å². The van der Waals surface area contributed by atoms with Crippen molar-refractivity contribution in [1.29, 1.82) is 0 Å². The predicted molar refractivity (Wildman–Crippen MR) is 64.4 cm³/mol. The van der Waals surface area contributed by atoms with Crippen LogP contribution in [0.25, 0.3) is 0 Å². The van der Waals surface area contributed by atoms with Crippen LogP contribution in [-0.2, 0) is 0 Å². The Morgan fingerprint density at radius 2 is 1.93 bits per heavy atom. The van der Waals surface area contributed by atoms with E-state index >= 15 is 0 Å². The first kappa shape index (κ1) is 12.1. The molecule has 0 bridgehead atoms. The van der Waals surface area contributed by atoms with Crippen molar-refractivity contribution in [3.63, 3.8) is 0 Å². The molecule has 0 saturated heterocycles. The van der Waals surface area contributed by atoms with Crippen LogP contribution < -0.4 is 0 Å². The van der Waals surface area contributed by atoms with Gasteiger partial charge in [-0.2, -0.15) is 0 Å². The maximum atomic E-state index is 2.54. The second kappa shape index (κ2) is 3.87. The maximum Gasteiger partial charge on any atom is -0.0244 e. The number of hydrogen-bond donors (Lipinski definition) is 0. The van der Waals surface area contributed by atoms with E-state index in [0.29, 0.717) is 10.8 Å². The third-order valence-corrected chi connectivity index (χ3v) is 5.26. The van der Waals surface area contributed by atoms with Crippen LogP contribution in [0.4, 0.5) is 0 Å². The van der Waals surface area contributed by atoms with Gasteiger partial charge in [-0.25, -0.2) is 0 Å². The third-order valence-electron chi connectivity index (χ3n) is 5.26. The lowest BCUT2D eigenvalue weighted by Gasteiger charge is -2.47. The van der Waals surface area contributed by atoms with Gasteiger partial charge in [0.25, 0.3) is 0 Å². The van der Waals surface area contributed by atoms with Gasteiger partial charge in [-0.05, 0) is 35.5 Å². The van der Waals surface area contributed by atoms with Gasteiger partial charge in [-0.15, -0.1) is 0 Å².